The molecule has 0 saturated heterocycles. The molecule has 0 aliphatic carbocycles. The fraction of sp³-hybridized carbons (Fsp3) is 0.200. The van der Waals surface area contributed by atoms with Crippen molar-refractivity contribution in [1.29, 1.82) is 0 Å². The average Bonchev–Trinajstić information content (AvgIpc) is 2.55. The van der Waals surface area contributed by atoms with Gasteiger partial charge < -0.3 is 5.32 Å². The van der Waals surface area contributed by atoms with Gasteiger partial charge in [0.15, 0.2) is 5.13 Å². The summed E-state index contributed by atoms with van der Waals surface area (Å²) in [5, 5.41) is 2.54. The quantitative estimate of drug-likeness (QED) is 0.855. The monoisotopic (exact) mass is 260 g/mol. The number of thiazole rings is 1. The third-order valence-electron chi connectivity index (χ3n) is 2.01. The van der Waals surface area contributed by atoms with Gasteiger partial charge in [0.1, 0.15) is 0 Å². The van der Waals surface area contributed by atoms with Crippen LogP contribution in [0.3, 0.4) is 0 Å². The first-order valence-corrected chi connectivity index (χ1v) is 5.44. The molecule has 17 heavy (non-hydrogen) atoms. The zero-order valence-corrected chi connectivity index (χ0v) is 9.45. The molecule has 1 amide bonds. The first kappa shape index (κ1) is 11.8. The van der Waals surface area contributed by atoms with Crippen molar-refractivity contribution in [1.82, 2.24) is 4.98 Å². The van der Waals surface area contributed by atoms with E-state index in [9.17, 15) is 18.0 Å². The number of hydrogen-bond acceptors (Lipinski definition) is 3. The van der Waals surface area contributed by atoms with E-state index in [4.69, 9.17) is 0 Å². The molecule has 1 heterocycles. The zero-order chi connectivity index (χ0) is 12.6. The fourth-order valence-corrected chi connectivity index (χ4v) is 2.32. The summed E-state index contributed by atoms with van der Waals surface area (Å²) in [7, 11) is 0. The number of aromatic nitrogens is 1. The highest BCUT2D eigenvalue weighted by Gasteiger charge is 2.33. The van der Waals surface area contributed by atoms with Crippen molar-refractivity contribution < 1.29 is 18.0 Å². The Hall–Kier alpha value is -1.63. The van der Waals surface area contributed by atoms with Gasteiger partial charge in [-0.2, -0.15) is 13.2 Å². The Kier molecular flexibility index (Phi) is 2.78. The molecule has 0 saturated carbocycles. The fourth-order valence-electron chi connectivity index (χ4n) is 1.38. The number of benzene rings is 1. The van der Waals surface area contributed by atoms with Crippen molar-refractivity contribution in [2.45, 2.75) is 13.1 Å². The highest BCUT2D eigenvalue weighted by molar-refractivity contribution is 7.22. The summed E-state index contributed by atoms with van der Waals surface area (Å²) in [5.41, 5.74) is -0.920. The third-order valence-corrected chi connectivity index (χ3v) is 2.94. The average molecular weight is 260 g/mol. The molecule has 0 atom stereocenters. The maximum absolute atomic E-state index is 12.7. The molecule has 1 aromatic heterocycles. The first-order chi connectivity index (χ1) is 7.88. The standard InChI is InChI=1S/C10H7F3N2OS/c1-5(16)14-9-15-8-6(10(11,12)13)3-2-4-7(8)17-9/h2-4H,1H3,(H,14,15,16). The first-order valence-electron chi connectivity index (χ1n) is 4.62. The molecular weight excluding hydrogens is 253 g/mol. The summed E-state index contributed by atoms with van der Waals surface area (Å²) in [6.07, 6.45) is -4.44. The van der Waals surface area contributed by atoms with E-state index in [1.165, 1.54) is 19.1 Å². The Bertz CT molecular complexity index is 576. The van der Waals surface area contributed by atoms with Crippen LogP contribution >= 0.6 is 11.3 Å². The van der Waals surface area contributed by atoms with Gasteiger partial charge in [-0.05, 0) is 12.1 Å². The van der Waals surface area contributed by atoms with Gasteiger partial charge in [0.2, 0.25) is 5.91 Å². The second-order valence-corrected chi connectivity index (χ2v) is 4.38. The summed E-state index contributed by atoms with van der Waals surface area (Å²) < 4.78 is 38.4. The second-order valence-electron chi connectivity index (χ2n) is 3.35. The number of hydrogen-bond donors (Lipinski definition) is 1. The number of carbonyl (C=O) groups is 1. The predicted molar refractivity (Wildman–Crippen MR) is 58.9 cm³/mol. The van der Waals surface area contributed by atoms with Crippen LogP contribution in [0, 0.1) is 0 Å². The number of alkyl halides is 3. The van der Waals surface area contributed by atoms with E-state index >= 15 is 0 Å². The number of anilines is 1. The summed E-state index contributed by atoms with van der Waals surface area (Å²) >= 11 is 1.01. The maximum atomic E-state index is 12.7. The largest absolute Gasteiger partial charge is 0.418 e. The van der Waals surface area contributed by atoms with E-state index in [2.05, 4.69) is 10.3 Å². The van der Waals surface area contributed by atoms with Crippen molar-refractivity contribution in [3.63, 3.8) is 0 Å². The zero-order valence-electron chi connectivity index (χ0n) is 8.63. The molecule has 0 unspecified atom stereocenters. The summed E-state index contributed by atoms with van der Waals surface area (Å²) in [4.78, 5) is 14.6. The van der Waals surface area contributed by atoms with Crippen LogP contribution < -0.4 is 5.32 Å². The highest BCUT2D eigenvalue weighted by Crippen LogP contribution is 2.37. The van der Waals surface area contributed by atoms with E-state index in [0.717, 1.165) is 17.4 Å². The van der Waals surface area contributed by atoms with Gasteiger partial charge in [-0.15, -0.1) is 0 Å². The number of halogens is 3. The Morgan fingerprint density at radius 2 is 2.12 bits per heavy atom. The van der Waals surface area contributed by atoms with Gasteiger partial charge in [0, 0.05) is 6.92 Å². The van der Waals surface area contributed by atoms with E-state index in [-0.39, 0.29) is 16.6 Å². The topological polar surface area (TPSA) is 42.0 Å². The molecule has 2 aromatic rings. The van der Waals surface area contributed by atoms with Crippen molar-refractivity contribution in [3.8, 4) is 0 Å². The van der Waals surface area contributed by atoms with Crippen LogP contribution in [0.15, 0.2) is 18.2 Å². The Morgan fingerprint density at radius 3 is 2.71 bits per heavy atom. The number of amides is 1. The summed E-state index contributed by atoms with van der Waals surface area (Å²) in [6.45, 7) is 1.27. The molecule has 90 valence electrons. The third kappa shape index (κ3) is 2.38. The Labute approximate surface area is 98.3 Å². The van der Waals surface area contributed by atoms with Gasteiger partial charge in [-0.25, -0.2) is 4.98 Å². The van der Waals surface area contributed by atoms with E-state index in [1.807, 2.05) is 0 Å². The van der Waals surface area contributed by atoms with Crippen LogP contribution in [0.5, 0.6) is 0 Å². The Balaban J connectivity index is 2.57. The molecule has 1 N–H and O–H groups in total. The number of rotatable bonds is 1. The van der Waals surface area contributed by atoms with E-state index < -0.39 is 11.7 Å². The van der Waals surface area contributed by atoms with Gasteiger partial charge in [0.05, 0.1) is 15.8 Å². The lowest BCUT2D eigenvalue weighted by molar-refractivity contribution is -0.136. The maximum Gasteiger partial charge on any atom is 0.418 e. The molecular formula is C10H7F3N2OS. The second kappa shape index (κ2) is 3.99. The normalized spacial score (nSPS) is 11.8. The minimum atomic E-state index is -4.44. The summed E-state index contributed by atoms with van der Waals surface area (Å²) in [6, 6.07) is 3.83. The SMILES string of the molecule is CC(=O)Nc1nc2c(C(F)(F)F)cccc2s1. The molecule has 0 bridgehead atoms. The lowest BCUT2D eigenvalue weighted by Gasteiger charge is -2.05. The van der Waals surface area contributed by atoms with Gasteiger partial charge in [-0.1, -0.05) is 17.4 Å². The number of nitrogens with one attached hydrogen (secondary N) is 1. The number of fused-ring (bicyclic) bond motifs is 1. The predicted octanol–water partition coefficient (Wildman–Crippen LogP) is 3.27. The van der Waals surface area contributed by atoms with Gasteiger partial charge in [-0.3, -0.25) is 4.79 Å². The Morgan fingerprint density at radius 1 is 1.41 bits per heavy atom. The van der Waals surface area contributed by atoms with Crippen LogP contribution in [-0.4, -0.2) is 10.9 Å². The smallest absolute Gasteiger partial charge is 0.302 e. The van der Waals surface area contributed by atoms with Gasteiger partial charge in [0.25, 0.3) is 0 Å². The highest BCUT2D eigenvalue weighted by atomic mass is 32.1. The molecule has 1 aromatic carbocycles. The lowest BCUT2D eigenvalue weighted by Crippen LogP contribution is -2.06. The number of nitrogens with zero attached hydrogens (tertiary/aromatic N) is 1. The van der Waals surface area contributed by atoms with Crippen LogP contribution in [-0.2, 0) is 11.0 Å². The van der Waals surface area contributed by atoms with Crippen molar-refractivity contribution in [2.75, 3.05) is 5.32 Å². The summed E-state index contributed by atoms with van der Waals surface area (Å²) in [5.74, 6) is -0.363. The van der Waals surface area contributed by atoms with Crippen molar-refractivity contribution in [2.24, 2.45) is 0 Å². The molecule has 0 fully saturated rings. The molecule has 0 aliphatic rings. The molecule has 2 rings (SSSR count). The van der Waals surface area contributed by atoms with E-state index in [0.29, 0.717) is 4.70 Å². The lowest BCUT2D eigenvalue weighted by atomic mass is 10.2. The molecule has 0 spiro atoms. The van der Waals surface area contributed by atoms with Crippen molar-refractivity contribution >= 4 is 32.6 Å². The number of carbonyl (C=O) groups excluding carboxylic acids is 1. The molecule has 7 heteroatoms. The molecule has 3 nitrogen and oxygen atoms in total. The van der Waals surface area contributed by atoms with Crippen molar-refractivity contribution in [3.05, 3.63) is 23.8 Å². The van der Waals surface area contributed by atoms with Crippen LogP contribution in [0.4, 0.5) is 18.3 Å². The molecule has 0 aliphatic heterocycles. The molecule has 0 radical (unpaired) electrons. The van der Waals surface area contributed by atoms with Crippen LogP contribution in [0.25, 0.3) is 10.2 Å². The van der Waals surface area contributed by atoms with Crippen LogP contribution in [0.1, 0.15) is 12.5 Å². The van der Waals surface area contributed by atoms with E-state index in [1.54, 1.807) is 0 Å². The minimum absolute atomic E-state index is 0.131. The number of para-hydroxylation sites is 1. The van der Waals surface area contributed by atoms with Crippen LogP contribution in [0.2, 0.25) is 0 Å². The van der Waals surface area contributed by atoms with Gasteiger partial charge >= 0.3 is 6.18 Å². The minimum Gasteiger partial charge on any atom is -0.302 e.